The molecule has 1 aromatic carbocycles. The maximum absolute atomic E-state index is 13.7. The van der Waals surface area contributed by atoms with E-state index >= 15 is 0 Å². The first-order chi connectivity index (χ1) is 11.2. The van der Waals surface area contributed by atoms with Crippen LogP contribution in [0.1, 0.15) is 45.7 Å². The van der Waals surface area contributed by atoms with E-state index in [1.807, 2.05) is 19.9 Å². The number of rotatable bonds is 4. The lowest BCUT2D eigenvalue weighted by Gasteiger charge is -2.32. The van der Waals surface area contributed by atoms with Crippen molar-refractivity contribution in [2.24, 2.45) is 5.41 Å². The number of carbonyl (C=O) groups is 1. The number of benzene rings is 1. The second-order valence-corrected chi connectivity index (χ2v) is 7.06. The molecule has 2 unspecified atom stereocenters. The molecule has 2 rings (SSSR count). The molecule has 0 spiro atoms. The molecule has 24 heavy (non-hydrogen) atoms. The largest absolute Gasteiger partial charge is 0.350 e. The van der Waals surface area contributed by atoms with Crippen molar-refractivity contribution >= 4 is 5.91 Å². The maximum atomic E-state index is 13.7. The molecule has 0 saturated carbocycles. The van der Waals surface area contributed by atoms with Crippen LogP contribution in [0.2, 0.25) is 0 Å². The van der Waals surface area contributed by atoms with Crippen molar-refractivity contribution in [3.63, 3.8) is 0 Å². The van der Waals surface area contributed by atoms with E-state index in [1.165, 1.54) is 6.07 Å². The number of halogens is 2. The van der Waals surface area contributed by atoms with Gasteiger partial charge in [0.2, 0.25) is 5.91 Å². The molecule has 1 aliphatic heterocycles. The van der Waals surface area contributed by atoms with Gasteiger partial charge in [0.15, 0.2) is 11.6 Å². The van der Waals surface area contributed by atoms with Crippen LogP contribution in [0.4, 0.5) is 8.78 Å². The Morgan fingerprint density at radius 2 is 2.04 bits per heavy atom. The quantitative estimate of drug-likeness (QED) is 0.919. The van der Waals surface area contributed by atoms with Gasteiger partial charge in [0, 0.05) is 18.6 Å². The predicted molar refractivity (Wildman–Crippen MR) is 86.9 cm³/mol. The van der Waals surface area contributed by atoms with Gasteiger partial charge in [-0.25, -0.2) is 8.78 Å². The highest BCUT2D eigenvalue weighted by Crippen LogP contribution is 2.35. The van der Waals surface area contributed by atoms with Crippen LogP contribution in [0.3, 0.4) is 0 Å². The van der Waals surface area contributed by atoms with Gasteiger partial charge in [-0.3, -0.25) is 9.69 Å². The van der Waals surface area contributed by atoms with Crippen LogP contribution < -0.4 is 5.32 Å². The molecule has 130 valence electrons. The second kappa shape index (κ2) is 6.86. The summed E-state index contributed by atoms with van der Waals surface area (Å²) in [6.45, 7) is 7.90. The van der Waals surface area contributed by atoms with E-state index in [4.69, 9.17) is 5.26 Å². The molecule has 1 fully saturated rings. The summed E-state index contributed by atoms with van der Waals surface area (Å²) < 4.78 is 26.9. The summed E-state index contributed by atoms with van der Waals surface area (Å²) in [5.41, 5.74) is -0.510. The molecular formula is C18H23F2N3O. The number of likely N-dealkylation sites (tertiary alicyclic amines) is 1. The van der Waals surface area contributed by atoms with Gasteiger partial charge in [0.25, 0.3) is 0 Å². The minimum absolute atomic E-state index is 0.189. The topological polar surface area (TPSA) is 56.1 Å². The zero-order chi connectivity index (χ0) is 18.1. The molecule has 1 amide bonds. The molecular weight excluding hydrogens is 312 g/mol. The van der Waals surface area contributed by atoms with Crippen molar-refractivity contribution in [1.29, 1.82) is 5.26 Å². The number of hydrogen-bond donors (Lipinski definition) is 1. The summed E-state index contributed by atoms with van der Waals surface area (Å²) in [5, 5.41) is 12.0. The minimum Gasteiger partial charge on any atom is -0.350 e. The van der Waals surface area contributed by atoms with Crippen LogP contribution >= 0.6 is 0 Å². The lowest BCUT2D eigenvalue weighted by atomic mass is 9.92. The van der Waals surface area contributed by atoms with E-state index in [1.54, 1.807) is 19.9 Å². The average molecular weight is 335 g/mol. The summed E-state index contributed by atoms with van der Waals surface area (Å²) in [5.74, 6) is -2.14. The Bertz CT molecular complexity index is 667. The van der Waals surface area contributed by atoms with E-state index in [2.05, 4.69) is 10.2 Å². The Labute approximate surface area is 141 Å². The molecule has 1 saturated heterocycles. The standard InChI is InChI=1S/C18H23F2N3O/c1-11(2)23-8-7-15(22-17(24)18(3,4)10-21)16(23)12-5-6-13(19)14(20)9-12/h5-6,9,11,15-16H,7-8H2,1-4H3,(H,22,24). The van der Waals surface area contributed by atoms with Crippen LogP contribution in [-0.2, 0) is 4.79 Å². The van der Waals surface area contributed by atoms with Crippen molar-refractivity contribution < 1.29 is 13.6 Å². The van der Waals surface area contributed by atoms with Crippen molar-refractivity contribution in [1.82, 2.24) is 10.2 Å². The first-order valence-electron chi connectivity index (χ1n) is 8.10. The van der Waals surface area contributed by atoms with Gasteiger partial charge in [-0.05, 0) is 51.8 Å². The van der Waals surface area contributed by atoms with Crippen LogP contribution in [0, 0.1) is 28.4 Å². The van der Waals surface area contributed by atoms with Crippen molar-refractivity contribution in [3.8, 4) is 6.07 Å². The van der Waals surface area contributed by atoms with Crippen LogP contribution in [-0.4, -0.2) is 29.4 Å². The number of carbonyl (C=O) groups excluding carboxylic acids is 1. The number of nitriles is 1. The third kappa shape index (κ3) is 3.57. The van der Waals surface area contributed by atoms with E-state index in [0.717, 1.165) is 12.6 Å². The molecule has 6 heteroatoms. The van der Waals surface area contributed by atoms with Gasteiger partial charge in [-0.15, -0.1) is 0 Å². The first-order valence-corrected chi connectivity index (χ1v) is 8.10. The molecule has 2 atom stereocenters. The van der Waals surface area contributed by atoms with Gasteiger partial charge in [0.1, 0.15) is 5.41 Å². The molecule has 0 bridgehead atoms. The van der Waals surface area contributed by atoms with E-state index in [9.17, 15) is 13.6 Å². The normalized spacial score (nSPS) is 21.8. The van der Waals surface area contributed by atoms with Crippen molar-refractivity contribution in [3.05, 3.63) is 35.4 Å². The maximum Gasteiger partial charge on any atom is 0.240 e. The van der Waals surface area contributed by atoms with Crippen molar-refractivity contribution in [2.75, 3.05) is 6.54 Å². The Morgan fingerprint density at radius 3 is 2.58 bits per heavy atom. The Hall–Kier alpha value is -2.00. The summed E-state index contributed by atoms with van der Waals surface area (Å²) >= 11 is 0. The molecule has 1 aliphatic rings. The van der Waals surface area contributed by atoms with Crippen LogP contribution in [0.25, 0.3) is 0 Å². The average Bonchev–Trinajstić information content (AvgIpc) is 2.93. The molecule has 4 nitrogen and oxygen atoms in total. The molecule has 0 aromatic heterocycles. The van der Waals surface area contributed by atoms with Crippen molar-refractivity contribution in [2.45, 2.75) is 52.2 Å². The van der Waals surface area contributed by atoms with E-state index < -0.39 is 17.0 Å². The fourth-order valence-corrected chi connectivity index (χ4v) is 3.07. The number of nitrogens with one attached hydrogen (secondary N) is 1. The lowest BCUT2D eigenvalue weighted by Crippen LogP contribution is -2.45. The Balaban J connectivity index is 2.32. The Kier molecular flexibility index (Phi) is 5.24. The third-order valence-corrected chi connectivity index (χ3v) is 4.55. The van der Waals surface area contributed by atoms with Gasteiger partial charge in [-0.2, -0.15) is 5.26 Å². The van der Waals surface area contributed by atoms with Gasteiger partial charge < -0.3 is 5.32 Å². The lowest BCUT2D eigenvalue weighted by molar-refractivity contribution is -0.127. The summed E-state index contributed by atoms with van der Waals surface area (Å²) in [7, 11) is 0. The van der Waals surface area contributed by atoms with Gasteiger partial charge >= 0.3 is 0 Å². The zero-order valence-electron chi connectivity index (χ0n) is 14.4. The van der Waals surface area contributed by atoms with E-state index in [-0.39, 0.29) is 24.0 Å². The molecule has 1 aromatic rings. The number of nitrogens with zero attached hydrogens (tertiary/aromatic N) is 2. The molecule has 0 aliphatic carbocycles. The highest BCUT2D eigenvalue weighted by Gasteiger charge is 2.40. The van der Waals surface area contributed by atoms with Crippen LogP contribution in [0.15, 0.2) is 18.2 Å². The molecule has 1 heterocycles. The van der Waals surface area contributed by atoms with Crippen LogP contribution in [0.5, 0.6) is 0 Å². The van der Waals surface area contributed by atoms with Gasteiger partial charge in [-0.1, -0.05) is 6.07 Å². The summed E-state index contributed by atoms with van der Waals surface area (Å²) in [4.78, 5) is 14.5. The van der Waals surface area contributed by atoms with E-state index in [0.29, 0.717) is 12.0 Å². The monoisotopic (exact) mass is 335 g/mol. The number of hydrogen-bond acceptors (Lipinski definition) is 3. The fraction of sp³-hybridized carbons (Fsp3) is 0.556. The highest BCUT2D eigenvalue weighted by molar-refractivity contribution is 5.84. The van der Waals surface area contributed by atoms with Gasteiger partial charge in [0.05, 0.1) is 12.1 Å². The summed E-state index contributed by atoms with van der Waals surface area (Å²) in [6, 6.07) is 5.52. The summed E-state index contributed by atoms with van der Waals surface area (Å²) in [6.07, 6.45) is 0.690. The molecule has 0 radical (unpaired) electrons. The first kappa shape index (κ1) is 18.3. The second-order valence-electron chi connectivity index (χ2n) is 7.06. The molecule has 1 N–H and O–H groups in total. The smallest absolute Gasteiger partial charge is 0.240 e. The third-order valence-electron chi connectivity index (χ3n) is 4.55. The number of amides is 1. The predicted octanol–water partition coefficient (Wildman–Crippen LogP) is 3.15. The highest BCUT2D eigenvalue weighted by atomic mass is 19.2. The zero-order valence-corrected chi connectivity index (χ0v) is 14.4. The minimum atomic E-state index is -1.14. The fourth-order valence-electron chi connectivity index (χ4n) is 3.07. The SMILES string of the molecule is CC(C)N1CCC(NC(=O)C(C)(C)C#N)C1c1ccc(F)c(F)c1. The Morgan fingerprint density at radius 1 is 1.38 bits per heavy atom.